The molecule has 0 aromatic heterocycles. The van der Waals surface area contributed by atoms with E-state index in [0.717, 1.165) is 11.8 Å². The molecule has 0 saturated heterocycles. The minimum Gasteiger partial charge on any atom is -0.328 e. The van der Waals surface area contributed by atoms with Gasteiger partial charge in [0.25, 0.3) is 0 Å². The number of nitrogens with two attached hydrogens (primary N) is 2. The van der Waals surface area contributed by atoms with Crippen molar-refractivity contribution < 1.29 is 0 Å². The average Bonchev–Trinajstić information content (AvgIpc) is 2.38. The summed E-state index contributed by atoms with van der Waals surface area (Å²) >= 11 is 0. The van der Waals surface area contributed by atoms with Crippen LogP contribution in [0.15, 0.2) is 0 Å². The minimum atomic E-state index is 0.494. The van der Waals surface area contributed by atoms with E-state index in [2.05, 4.69) is 41.5 Å². The Balaban J connectivity index is 0.000000220. The summed E-state index contributed by atoms with van der Waals surface area (Å²) in [6.07, 6.45) is 10.3. The highest BCUT2D eigenvalue weighted by Crippen LogP contribution is 2.37. The van der Waals surface area contributed by atoms with Crippen LogP contribution in [0.1, 0.15) is 92.9 Å². The summed E-state index contributed by atoms with van der Waals surface area (Å²) in [4.78, 5) is 0. The molecule has 2 aliphatic rings. The summed E-state index contributed by atoms with van der Waals surface area (Å²) in [5.41, 5.74) is 12.7. The standard InChI is InChI=1S/2C10H21N/c2*1-10(2,3)8-4-6-9(11)7-5-8/h2*8-9H,4-7,11H2,1-3H3. The van der Waals surface area contributed by atoms with Gasteiger partial charge in [-0.05, 0) is 74.0 Å². The fraction of sp³-hybridized carbons (Fsp3) is 1.00. The monoisotopic (exact) mass is 310 g/mol. The molecule has 0 atom stereocenters. The van der Waals surface area contributed by atoms with Crippen molar-refractivity contribution in [1.82, 2.24) is 0 Å². The van der Waals surface area contributed by atoms with E-state index >= 15 is 0 Å². The van der Waals surface area contributed by atoms with E-state index in [9.17, 15) is 0 Å². The van der Waals surface area contributed by atoms with Crippen molar-refractivity contribution in [1.29, 1.82) is 0 Å². The van der Waals surface area contributed by atoms with Crippen LogP contribution in [0.4, 0.5) is 0 Å². The maximum atomic E-state index is 5.84. The lowest BCUT2D eigenvalue weighted by molar-refractivity contribution is 0.170. The summed E-state index contributed by atoms with van der Waals surface area (Å²) in [5, 5.41) is 0. The predicted molar refractivity (Wildman–Crippen MR) is 98.8 cm³/mol. The highest BCUT2D eigenvalue weighted by molar-refractivity contribution is 4.82. The molecule has 0 aliphatic heterocycles. The highest BCUT2D eigenvalue weighted by atomic mass is 14.6. The van der Waals surface area contributed by atoms with Crippen LogP contribution in [0.2, 0.25) is 0 Å². The van der Waals surface area contributed by atoms with E-state index in [1.807, 2.05) is 0 Å². The van der Waals surface area contributed by atoms with Gasteiger partial charge >= 0.3 is 0 Å². The quantitative estimate of drug-likeness (QED) is 0.654. The first-order valence-electron chi connectivity index (χ1n) is 9.51. The Kier molecular flexibility index (Phi) is 7.39. The number of rotatable bonds is 0. The second kappa shape index (κ2) is 8.15. The molecule has 132 valence electrons. The summed E-state index contributed by atoms with van der Waals surface area (Å²) in [5.74, 6) is 1.81. The van der Waals surface area contributed by atoms with Gasteiger partial charge in [0.05, 0.1) is 0 Å². The van der Waals surface area contributed by atoms with Gasteiger partial charge in [-0.1, -0.05) is 41.5 Å². The number of hydrogen-bond acceptors (Lipinski definition) is 2. The fourth-order valence-electron chi connectivity index (χ4n) is 3.97. The van der Waals surface area contributed by atoms with Crippen molar-refractivity contribution in [2.75, 3.05) is 0 Å². The van der Waals surface area contributed by atoms with E-state index in [4.69, 9.17) is 11.5 Å². The zero-order valence-corrected chi connectivity index (χ0v) is 16.1. The Labute approximate surface area is 139 Å². The molecule has 0 aromatic rings. The molecule has 0 unspecified atom stereocenters. The van der Waals surface area contributed by atoms with Gasteiger partial charge in [0, 0.05) is 12.1 Å². The van der Waals surface area contributed by atoms with Gasteiger partial charge < -0.3 is 11.5 Å². The van der Waals surface area contributed by atoms with Crippen LogP contribution in [0, 0.1) is 22.7 Å². The zero-order valence-electron chi connectivity index (χ0n) is 16.1. The van der Waals surface area contributed by atoms with E-state index in [0.29, 0.717) is 22.9 Å². The average molecular weight is 311 g/mol. The molecule has 0 heterocycles. The van der Waals surface area contributed by atoms with Gasteiger partial charge in [-0.2, -0.15) is 0 Å². The van der Waals surface area contributed by atoms with Crippen molar-refractivity contribution in [3.8, 4) is 0 Å². The Morgan fingerprint density at radius 1 is 0.500 bits per heavy atom. The molecule has 2 rings (SSSR count). The van der Waals surface area contributed by atoms with Crippen LogP contribution >= 0.6 is 0 Å². The van der Waals surface area contributed by atoms with Gasteiger partial charge in [-0.3, -0.25) is 0 Å². The van der Waals surface area contributed by atoms with Crippen LogP contribution in [-0.2, 0) is 0 Å². The molecule has 0 spiro atoms. The SMILES string of the molecule is CC(C)(C)C1CCC(N)CC1.CC(C)(C)C1CCC(N)CC1. The van der Waals surface area contributed by atoms with Crippen LogP contribution in [0.25, 0.3) is 0 Å². The highest BCUT2D eigenvalue weighted by Gasteiger charge is 2.28. The summed E-state index contributed by atoms with van der Waals surface area (Å²) in [6, 6.07) is 0.988. The van der Waals surface area contributed by atoms with Crippen LogP contribution < -0.4 is 11.5 Å². The fourth-order valence-corrected chi connectivity index (χ4v) is 3.97. The summed E-state index contributed by atoms with van der Waals surface area (Å²) in [6.45, 7) is 14.1. The lowest BCUT2D eigenvalue weighted by Gasteiger charge is -2.35. The lowest BCUT2D eigenvalue weighted by Crippen LogP contribution is -2.31. The Morgan fingerprint density at radius 2 is 0.727 bits per heavy atom. The molecule has 0 amide bonds. The third-order valence-electron chi connectivity index (χ3n) is 5.99. The summed E-state index contributed by atoms with van der Waals surface area (Å²) < 4.78 is 0. The van der Waals surface area contributed by atoms with Gasteiger partial charge in [0.1, 0.15) is 0 Å². The minimum absolute atomic E-state index is 0.494. The molecule has 0 radical (unpaired) electrons. The van der Waals surface area contributed by atoms with Crippen LogP contribution in [0.3, 0.4) is 0 Å². The first-order chi connectivity index (χ1) is 10.00. The van der Waals surface area contributed by atoms with Gasteiger partial charge in [0.2, 0.25) is 0 Å². The zero-order chi connectivity index (χ0) is 17.0. The first-order valence-corrected chi connectivity index (χ1v) is 9.51. The van der Waals surface area contributed by atoms with Gasteiger partial charge in [-0.15, -0.1) is 0 Å². The smallest absolute Gasteiger partial charge is 0.00390 e. The van der Waals surface area contributed by atoms with Crippen molar-refractivity contribution >= 4 is 0 Å². The molecule has 2 heteroatoms. The van der Waals surface area contributed by atoms with E-state index in [-0.39, 0.29) is 0 Å². The predicted octanol–water partition coefficient (Wildman–Crippen LogP) is 5.10. The Bertz CT molecular complexity index is 263. The molecular weight excluding hydrogens is 268 g/mol. The van der Waals surface area contributed by atoms with Crippen molar-refractivity contribution in [3.63, 3.8) is 0 Å². The molecule has 4 N–H and O–H groups in total. The van der Waals surface area contributed by atoms with E-state index in [1.54, 1.807) is 0 Å². The normalized spacial score (nSPS) is 33.8. The van der Waals surface area contributed by atoms with Crippen LogP contribution in [0.5, 0.6) is 0 Å². The van der Waals surface area contributed by atoms with Crippen LogP contribution in [-0.4, -0.2) is 12.1 Å². The Morgan fingerprint density at radius 3 is 0.909 bits per heavy atom. The lowest BCUT2D eigenvalue weighted by atomic mass is 9.71. The largest absolute Gasteiger partial charge is 0.328 e. The van der Waals surface area contributed by atoms with Gasteiger partial charge in [-0.25, -0.2) is 0 Å². The molecule has 2 fully saturated rings. The second-order valence-corrected chi connectivity index (χ2v) is 9.96. The van der Waals surface area contributed by atoms with E-state index < -0.39 is 0 Å². The van der Waals surface area contributed by atoms with Crippen molar-refractivity contribution in [2.45, 2.75) is 105 Å². The van der Waals surface area contributed by atoms with Crippen molar-refractivity contribution in [3.05, 3.63) is 0 Å². The van der Waals surface area contributed by atoms with E-state index in [1.165, 1.54) is 51.4 Å². The molecule has 2 aliphatic carbocycles. The summed E-state index contributed by atoms with van der Waals surface area (Å²) in [7, 11) is 0. The van der Waals surface area contributed by atoms with Gasteiger partial charge in [0.15, 0.2) is 0 Å². The maximum absolute atomic E-state index is 5.84. The maximum Gasteiger partial charge on any atom is 0.00390 e. The molecule has 0 aromatic carbocycles. The third kappa shape index (κ3) is 7.00. The molecule has 2 saturated carbocycles. The first kappa shape index (κ1) is 20.0. The third-order valence-corrected chi connectivity index (χ3v) is 5.99. The molecular formula is C20H42N2. The number of hydrogen-bond donors (Lipinski definition) is 2. The molecule has 2 nitrogen and oxygen atoms in total. The van der Waals surface area contributed by atoms with Crippen molar-refractivity contribution in [2.24, 2.45) is 34.1 Å². The molecule has 22 heavy (non-hydrogen) atoms. The second-order valence-electron chi connectivity index (χ2n) is 9.96. The molecule has 0 bridgehead atoms. The Hall–Kier alpha value is -0.0800. The topological polar surface area (TPSA) is 52.0 Å².